The molecule has 0 atom stereocenters. The van der Waals surface area contributed by atoms with E-state index < -0.39 is 5.91 Å². The first kappa shape index (κ1) is 17.9. The lowest BCUT2D eigenvalue weighted by atomic mass is 10.1. The number of aromatic amines is 1. The van der Waals surface area contributed by atoms with Gasteiger partial charge in [0.05, 0.1) is 0 Å². The van der Waals surface area contributed by atoms with Crippen LogP contribution in [0.15, 0.2) is 54.6 Å². The van der Waals surface area contributed by atoms with Gasteiger partial charge in [-0.1, -0.05) is 42.5 Å². The Balaban J connectivity index is 1.51. The van der Waals surface area contributed by atoms with Crippen LogP contribution in [0.2, 0.25) is 0 Å². The van der Waals surface area contributed by atoms with Crippen LogP contribution >= 0.6 is 0 Å². The summed E-state index contributed by atoms with van der Waals surface area (Å²) in [6.07, 6.45) is 3.92. The number of benzene rings is 2. The summed E-state index contributed by atoms with van der Waals surface area (Å²) in [4.78, 5) is 14.4. The van der Waals surface area contributed by atoms with E-state index in [9.17, 15) is 4.79 Å². The summed E-state index contributed by atoms with van der Waals surface area (Å²) >= 11 is 0. The lowest BCUT2D eigenvalue weighted by molar-refractivity contribution is -0.124. The molecule has 134 valence electrons. The molecule has 0 aliphatic heterocycles. The standard InChI is InChI=1S/C21H23N3O2/c1-15-18(19-4-2-3-5-20(19)23-15)12-13-22-14-17-8-6-16(7-9-17)10-11-21(25)24-26/h2-11,22-23,26H,12-14H2,1H3,(H,24,25). The van der Waals surface area contributed by atoms with E-state index in [2.05, 4.69) is 41.5 Å². The third-order valence-electron chi connectivity index (χ3n) is 4.42. The summed E-state index contributed by atoms with van der Waals surface area (Å²) in [6, 6.07) is 16.4. The maximum absolute atomic E-state index is 11.0. The van der Waals surface area contributed by atoms with Crippen molar-refractivity contribution in [2.24, 2.45) is 0 Å². The zero-order chi connectivity index (χ0) is 18.4. The summed E-state index contributed by atoms with van der Waals surface area (Å²) < 4.78 is 0. The largest absolute Gasteiger partial charge is 0.358 e. The molecular formula is C21H23N3O2. The SMILES string of the molecule is Cc1[nH]c2ccccc2c1CCNCc1ccc(C=CC(=O)NO)cc1. The highest BCUT2D eigenvalue weighted by Crippen LogP contribution is 2.21. The first-order valence-corrected chi connectivity index (χ1v) is 8.65. The van der Waals surface area contributed by atoms with Crippen molar-refractivity contribution >= 4 is 22.9 Å². The highest BCUT2D eigenvalue weighted by Gasteiger charge is 2.07. The Morgan fingerprint density at radius 1 is 1.15 bits per heavy atom. The molecule has 1 heterocycles. The third-order valence-corrected chi connectivity index (χ3v) is 4.42. The van der Waals surface area contributed by atoms with E-state index in [-0.39, 0.29) is 0 Å². The average Bonchev–Trinajstić information content (AvgIpc) is 2.99. The molecule has 0 radical (unpaired) electrons. The van der Waals surface area contributed by atoms with Gasteiger partial charge in [-0.05, 0) is 48.7 Å². The van der Waals surface area contributed by atoms with E-state index in [1.165, 1.54) is 33.8 Å². The molecule has 0 saturated heterocycles. The van der Waals surface area contributed by atoms with Gasteiger partial charge in [0.2, 0.25) is 0 Å². The average molecular weight is 349 g/mol. The molecule has 0 saturated carbocycles. The number of hydrogen-bond donors (Lipinski definition) is 4. The van der Waals surface area contributed by atoms with Gasteiger partial charge in [0.25, 0.3) is 5.91 Å². The Morgan fingerprint density at radius 3 is 2.69 bits per heavy atom. The fourth-order valence-corrected chi connectivity index (χ4v) is 3.06. The third kappa shape index (κ3) is 4.39. The number of H-pyrrole nitrogens is 1. The molecule has 5 nitrogen and oxygen atoms in total. The first-order valence-electron chi connectivity index (χ1n) is 8.65. The van der Waals surface area contributed by atoms with Crippen molar-refractivity contribution in [2.45, 2.75) is 19.9 Å². The maximum atomic E-state index is 11.0. The van der Waals surface area contributed by atoms with Crippen LogP contribution in [-0.4, -0.2) is 22.6 Å². The van der Waals surface area contributed by atoms with Crippen molar-refractivity contribution in [3.63, 3.8) is 0 Å². The van der Waals surface area contributed by atoms with E-state index in [0.717, 1.165) is 25.1 Å². The lowest BCUT2D eigenvalue weighted by Crippen LogP contribution is -2.16. The maximum Gasteiger partial charge on any atom is 0.267 e. The van der Waals surface area contributed by atoms with Crippen LogP contribution in [0, 0.1) is 6.92 Å². The van der Waals surface area contributed by atoms with Gasteiger partial charge in [0.1, 0.15) is 0 Å². The summed E-state index contributed by atoms with van der Waals surface area (Å²) in [5, 5.41) is 13.2. The molecule has 0 unspecified atom stereocenters. The number of hydrogen-bond acceptors (Lipinski definition) is 3. The first-order chi connectivity index (χ1) is 12.7. The molecule has 0 bridgehead atoms. The van der Waals surface area contributed by atoms with Crippen molar-refractivity contribution in [2.75, 3.05) is 6.54 Å². The number of nitrogens with one attached hydrogen (secondary N) is 3. The van der Waals surface area contributed by atoms with Gasteiger partial charge in [-0.2, -0.15) is 0 Å². The van der Waals surface area contributed by atoms with Gasteiger partial charge in [-0.3, -0.25) is 10.0 Å². The molecule has 26 heavy (non-hydrogen) atoms. The Morgan fingerprint density at radius 2 is 1.92 bits per heavy atom. The van der Waals surface area contributed by atoms with Crippen molar-refractivity contribution in [3.05, 3.63) is 77.0 Å². The predicted molar refractivity (Wildman–Crippen MR) is 104 cm³/mol. The highest BCUT2D eigenvalue weighted by atomic mass is 16.5. The summed E-state index contributed by atoms with van der Waals surface area (Å²) in [7, 11) is 0. The molecule has 3 aromatic rings. The van der Waals surface area contributed by atoms with Crippen LogP contribution in [0.3, 0.4) is 0 Å². The fourth-order valence-electron chi connectivity index (χ4n) is 3.06. The molecule has 0 fully saturated rings. The van der Waals surface area contributed by atoms with E-state index in [1.54, 1.807) is 11.6 Å². The molecule has 4 N–H and O–H groups in total. The van der Waals surface area contributed by atoms with Crippen molar-refractivity contribution < 1.29 is 10.0 Å². The molecule has 3 rings (SSSR count). The van der Waals surface area contributed by atoms with Gasteiger partial charge >= 0.3 is 0 Å². The molecule has 1 amide bonds. The quantitative estimate of drug-likeness (QED) is 0.229. The Kier molecular flexibility index (Phi) is 5.84. The van der Waals surface area contributed by atoms with Gasteiger partial charge in [-0.25, -0.2) is 5.48 Å². The van der Waals surface area contributed by atoms with Crippen molar-refractivity contribution in [1.29, 1.82) is 0 Å². The Labute approximate surface area is 152 Å². The van der Waals surface area contributed by atoms with Gasteiger partial charge in [0.15, 0.2) is 0 Å². The minimum atomic E-state index is -0.539. The molecule has 2 aromatic carbocycles. The van der Waals surface area contributed by atoms with Gasteiger partial charge < -0.3 is 10.3 Å². The van der Waals surface area contributed by atoms with Crippen LogP contribution in [0.25, 0.3) is 17.0 Å². The van der Waals surface area contributed by atoms with E-state index in [0.29, 0.717) is 0 Å². The van der Waals surface area contributed by atoms with Gasteiger partial charge in [0, 0.05) is 29.2 Å². The smallest absolute Gasteiger partial charge is 0.267 e. The number of carbonyl (C=O) groups excluding carboxylic acids is 1. The minimum absolute atomic E-state index is 0.539. The Hall–Kier alpha value is -2.89. The number of amides is 1. The number of carbonyl (C=O) groups is 1. The van der Waals surface area contributed by atoms with Crippen molar-refractivity contribution in [1.82, 2.24) is 15.8 Å². The number of aryl methyl sites for hydroxylation is 1. The second kappa shape index (κ2) is 8.47. The normalized spacial score (nSPS) is 11.3. The van der Waals surface area contributed by atoms with E-state index in [4.69, 9.17) is 5.21 Å². The van der Waals surface area contributed by atoms with E-state index >= 15 is 0 Å². The second-order valence-corrected chi connectivity index (χ2v) is 6.25. The zero-order valence-corrected chi connectivity index (χ0v) is 14.8. The second-order valence-electron chi connectivity index (χ2n) is 6.25. The van der Waals surface area contributed by atoms with Crippen LogP contribution in [-0.2, 0) is 17.8 Å². The minimum Gasteiger partial charge on any atom is -0.358 e. The predicted octanol–water partition coefficient (Wildman–Crippen LogP) is 3.33. The Bertz CT molecular complexity index is 911. The number of aromatic nitrogens is 1. The fraction of sp³-hybridized carbons (Fsp3) is 0.190. The summed E-state index contributed by atoms with van der Waals surface area (Å²) in [6.45, 7) is 3.82. The number of fused-ring (bicyclic) bond motifs is 1. The highest BCUT2D eigenvalue weighted by molar-refractivity contribution is 5.90. The monoisotopic (exact) mass is 349 g/mol. The molecule has 1 aromatic heterocycles. The molecule has 0 aliphatic rings. The molecule has 5 heteroatoms. The van der Waals surface area contributed by atoms with Crippen LogP contribution in [0.4, 0.5) is 0 Å². The summed E-state index contributed by atoms with van der Waals surface area (Å²) in [5.74, 6) is -0.539. The molecule has 0 aliphatic carbocycles. The van der Waals surface area contributed by atoms with Crippen LogP contribution in [0.5, 0.6) is 0 Å². The molecular weight excluding hydrogens is 326 g/mol. The molecule has 0 spiro atoms. The van der Waals surface area contributed by atoms with Gasteiger partial charge in [-0.15, -0.1) is 0 Å². The topological polar surface area (TPSA) is 77.2 Å². The van der Waals surface area contributed by atoms with Crippen LogP contribution in [0.1, 0.15) is 22.4 Å². The van der Waals surface area contributed by atoms with Crippen molar-refractivity contribution in [3.8, 4) is 0 Å². The number of rotatable bonds is 7. The number of hydroxylamine groups is 1. The van der Waals surface area contributed by atoms with Crippen LogP contribution < -0.4 is 10.8 Å². The number of para-hydroxylation sites is 1. The lowest BCUT2D eigenvalue weighted by Gasteiger charge is -2.06. The van der Waals surface area contributed by atoms with E-state index in [1.807, 2.05) is 24.3 Å². The zero-order valence-electron chi connectivity index (χ0n) is 14.8. The summed E-state index contributed by atoms with van der Waals surface area (Å²) in [5.41, 5.74) is 7.46.